The molecule has 0 N–H and O–H groups in total. The molecule has 0 atom stereocenters. The Labute approximate surface area is 160 Å². The first-order valence-corrected chi connectivity index (χ1v) is 9.31. The van der Waals surface area contributed by atoms with E-state index in [1.165, 1.54) is 23.5 Å². The van der Waals surface area contributed by atoms with Gasteiger partial charge in [0, 0.05) is 16.5 Å². The van der Waals surface area contributed by atoms with Gasteiger partial charge in [-0.25, -0.2) is 9.78 Å². The van der Waals surface area contributed by atoms with E-state index in [-0.39, 0.29) is 23.1 Å². The molecule has 0 saturated carbocycles. The number of nitrogens with zero attached hydrogens (tertiary/aromatic N) is 2. The van der Waals surface area contributed by atoms with E-state index in [2.05, 4.69) is 4.98 Å². The van der Waals surface area contributed by atoms with Crippen LogP contribution in [0.4, 0.5) is 5.00 Å². The smallest absolute Gasteiger partial charge is 0.348 e. The number of carbonyl (C=O) groups excluding carboxylic acids is 1. The number of esters is 1. The highest BCUT2D eigenvalue weighted by atomic mass is 35.5. The predicted molar refractivity (Wildman–Crippen MR) is 98.0 cm³/mol. The van der Waals surface area contributed by atoms with Crippen molar-refractivity contribution in [3.05, 3.63) is 72.5 Å². The summed E-state index contributed by atoms with van der Waals surface area (Å²) in [4.78, 5) is 26.5. The van der Waals surface area contributed by atoms with Crippen LogP contribution in [0.1, 0.15) is 20.4 Å². The lowest BCUT2D eigenvalue weighted by Gasteiger charge is -2.03. The second kappa shape index (κ2) is 8.26. The van der Waals surface area contributed by atoms with E-state index >= 15 is 0 Å². The highest BCUT2D eigenvalue weighted by Crippen LogP contribution is 2.25. The first-order valence-electron chi connectivity index (χ1n) is 7.24. The van der Waals surface area contributed by atoms with Gasteiger partial charge < -0.3 is 9.47 Å². The summed E-state index contributed by atoms with van der Waals surface area (Å²) in [6.07, 6.45) is 0. The summed E-state index contributed by atoms with van der Waals surface area (Å²) in [6.45, 7) is 0.277. The highest BCUT2D eigenvalue weighted by molar-refractivity contribution is 7.17. The van der Waals surface area contributed by atoms with Gasteiger partial charge in [-0.3, -0.25) is 10.1 Å². The summed E-state index contributed by atoms with van der Waals surface area (Å²) in [6, 6.07) is 9.64. The monoisotopic (exact) mass is 410 g/mol. The first-order chi connectivity index (χ1) is 12.5. The summed E-state index contributed by atoms with van der Waals surface area (Å²) in [5.74, 6) is 0.0620. The van der Waals surface area contributed by atoms with Crippen molar-refractivity contribution in [1.29, 1.82) is 0 Å². The van der Waals surface area contributed by atoms with Gasteiger partial charge in [0.2, 0.25) is 0 Å². The molecule has 2 aromatic heterocycles. The molecule has 1 aromatic carbocycles. The molecule has 0 aliphatic carbocycles. The van der Waals surface area contributed by atoms with Crippen molar-refractivity contribution in [1.82, 2.24) is 4.98 Å². The van der Waals surface area contributed by atoms with E-state index in [9.17, 15) is 14.9 Å². The van der Waals surface area contributed by atoms with E-state index < -0.39 is 10.9 Å². The fourth-order valence-corrected chi connectivity index (χ4v) is 3.43. The van der Waals surface area contributed by atoms with Gasteiger partial charge in [0.1, 0.15) is 28.8 Å². The molecule has 3 aromatic rings. The zero-order chi connectivity index (χ0) is 18.5. The lowest BCUT2D eigenvalue weighted by Crippen LogP contribution is -2.03. The Kier molecular flexibility index (Phi) is 5.82. The van der Waals surface area contributed by atoms with Crippen molar-refractivity contribution >= 4 is 45.2 Å². The molecule has 26 heavy (non-hydrogen) atoms. The number of aromatic nitrogens is 1. The normalized spacial score (nSPS) is 10.5. The van der Waals surface area contributed by atoms with Crippen LogP contribution in [0.25, 0.3) is 0 Å². The van der Waals surface area contributed by atoms with Crippen LogP contribution in [0.5, 0.6) is 5.75 Å². The Hall–Kier alpha value is -2.49. The average Bonchev–Trinajstić information content (AvgIpc) is 3.29. The molecule has 0 amide bonds. The number of benzene rings is 1. The number of thiazole rings is 1. The Morgan fingerprint density at radius 2 is 1.96 bits per heavy atom. The van der Waals surface area contributed by atoms with Crippen LogP contribution in [0.3, 0.4) is 0 Å². The predicted octanol–water partition coefficient (Wildman–Crippen LogP) is 4.70. The van der Waals surface area contributed by atoms with E-state index in [0.717, 1.165) is 16.3 Å². The number of halogens is 1. The van der Waals surface area contributed by atoms with E-state index in [1.807, 2.05) is 0 Å². The fourth-order valence-electron chi connectivity index (χ4n) is 1.90. The third-order valence-electron chi connectivity index (χ3n) is 3.10. The second-order valence-corrected chi connectivity index (χ2v) is 7.39. The molecule has 0 fully saturated rings. The van der Waals surface area contributed by atoms with Gasteiger partial charge >= 0.3 is 11.0 Å². The Balaban J connectivity index is 1.50. The number of thiophene rings is 1. The third-order valence-corrected chi connectivity index (χ3v) is 5.24. The summed E-state index contributed by atoms with van der Waals surface area (Å²) < 4.78 is 10.7. The number of hydrogen-bond donors (Lipinski definition) is 0. The quantitative estimate of drug-likeness (QED) is 0.318. The molecule has 10 heteroatoms. The number of carbonyl (C=O) groups is 1. The van der Waals surface area contributed by atoms with Crippen LogP contribution in [0.2, 0.25) is 5.02 Å². The molecule has 0 bridgehead atoms. The molecule has 0 aliphatic heterocycles. The third kappa shape index (κ3) is 4.78. The van der Waals surface area contributed by atoms with E-state index in [1.54, 1.807) is 29.6 Å². The van der Waals surface area contributed by atoms with Crippen LogP contribution in [0, 0.1) is 10.1 Å². The maximum atomic E-state index is 11.9. The van der Waals surface area contributed by atoms with Gasteiger partial charge in [0.05, 0.1) is 10.6 Å². The van der Waals surface area contributed by atoms with Crippen molar-refractivity contribution < 1.29 is 19.2 Å². The van der Waals surface area contributed by atoms with Crippen LogP contribution >= 0.6 is 34.3 Å². The molecule has 7 nitrogen and oxygen atoms in total. The zero-order valence-electron chi connectivity index (χ0n) is 13.1. The van der Waals surface area contributed by atoms with Crippen LogP contribution < -0.4 is 4.74 Å². The number of hydrogen-bond acceptors (Lipinski definition) is 8. The van der Waals surface area contributed by atoms with Gasteiger partial charge in [-0.2, -0.15) is 0 Å². The summed E-state index contributed by atoms with van der Waals surface area (Å²) in [5.41, 5.74) is 0.587. The largest absolute Gasteiger partial charge is 0.486 e. The van der Waals surface area contributed by atoms with E-state index in [0.29, 0.717) is 16.5 Å². The fraction of sp³-hybridized carbons (Fsp3) is 0.125. The van der Waals surface area contributed by atoms with Crippen molar-refractivity contribution in [3.63, 3.8) is 0 Å². The minimum absolute atomic E-state index is 0.0119. The van der Waals surface area contributed by atoms with Crippen LogP contribution in [0.15, 0.2) is 41.8 Å². The second-order valence-electron chi connectivity index (χ2n) is 4.95. The minimum atomic E-state index is -0.616. The summed E-state index contributed by atoms with van der Waals surface area (Å²) >= 11 is 7.98. The summed E-state index contributed by atoms with van der Waals surface area (Å²) in [7, 11) is 0. The number of ether oxygens (including phenoxy) is 2. The Morgan fingerprint density at radius 3 is 2.65 bits per heavy atom. The van der Waals surface area contributed by atoms with Gasteiger partial charge in [0.15, 0.2) is 0 Å². The van der Waals surface area contributed by atoms with Gasteiger partial charge in [-0.15, -0.1) is 11.3 Å². The molecule has 2 heterocycles. The molecule has 0 unspecified atom stereocenters. The van der Waals surface area contributed by atoms with Gasteiger partial charge in [-0.05, 0) is 30.3 Å². The van der Waals surface area contributed by atoms with Gasteiger partial charge in [-0.1, -0.05) is 22.9 Å². The van der Waals surface area contributed by atoms with Crippen LogP contribution in [-0.4, -0.2) is 15.9 Å². The van der Waals surface area contributed by atoms with Crippen molar-refractivity contribution in [2.45, 2.75) is 13.2 Å². The van der Waals surface area contributed by atoms with Crippen molar-refractivity contribution in [2.24, 2.45) is 0 Å². The molecule has 134 valence electrons. The molecule has 0 radical (unpaired) electrons. The standard InChI is InChI=1S/C16H11ClN2O5S2/c17-10-1-3-12(4-2-10)23-8-14-18-11(9-25-14)7-24-16(20)13-5-6-15(26-13)19(21)22/h1-6,9H,7-8H2. The van der Waals surface area contributed by atoms with E-state index in [4.69, 9.17) is 21.1 Å². The van der Waals surface area contributed by atoms with Crippen LogP contribution in [-0.2, 0) is 18.0 Å². The van der Waals surface area contributed by atoms with Crippen molar-refractivity contribution in [2.75, 3.05) is 0 Å². The lowest BCUT2D eigenvalue weighted by atomic mass is 10.3. The SMILES string of the molecule is O=C(OCc1csc(COc2ccc(Cl)cc2)n1)c1ccc([N+](=O)[O-])s1. The molecule has 0 spiro atoms. The van der Waals surface area contributed by atoms with Crippen molar-refractivity contribution in [3.8, 4) is 5.75 Å². The minimum Gasteiger partial charge on any atom is -0.486 e. The molecular formula is C16H11ClN2O5S2. The maximum absolute atomic E-state index is 11.9. The number of nitro groups is 1. The zero-order valence-corrected chi connectivity index (χ0v) is 15.5. The molecule has 3 rings (SSSR count). The Bertz CT molecular complexity index is 923. The molecule has 0 saturated heterocycles. The van der Waals surface area contributed by atoms with Gasteiger partial charge in [0.25, 0.3) is 0 Å². The average molecular weight is 411 g/mol. The lowest BCUT2D eigenvalue weighted by molar-refractivity contribution is -0.380. The molecular weight excluding hydrogens is 400 g/mol. The first kappa shape index (κ1) is 18.3. The Morgan fingerprint density at radius 1 is 1.19 bits per heavy atom. The summed E-state index contributed by atoms with van der Waals surface area (Å²) in [5, 5.41) is 13.7. The molecule has 0 aliphatic rings. The topological polar surface area (TPSA) is 91.6 Å². The maximum Gasteiger partial charge on any atom is 0.348 e. The highest BCUT2D eigenvalue weighted by Gasteiger charge is 2.17. The number of rotatable bonds is 7.